The minimum Gasteiger partial charge on any atom is -0.320 e. The number of fused-ring (bicyclic) bond motifs is 1. The molecule has 7 nitrogen and oxygen atoms in total. The highest BCUT2D eigenvalue weighted by Gasteiger charge is 2.17. The number of nitro groups is 1. The number of hydrogen-bond acceptors (Lipinski definition) is 7. The second-order valence-corrected chi connectivity index (χ2v) is 7.81. The van der Waals surface area contributed by atoms with Gasteiger partial charge in [-0.2, -0.15) is 0 Å². The van der Waals surface area contributed by atoms with E-state index in [1.165, 1.54) is 41.6 Å². The maximum absolute atomic E-state index is 12.4. The molecule has 1 N–H and O–H groups in total. The molecular weight excluding hydrogens is 408 g/mol. The summed E-state index contributed by atoms with van der Waals surface area (Å²) in [6.07, 6.45) is 1.48. The first-order chi connectivity index (χ1) is 14.1. The molecule has 0 saturated heterocycles. The molecule has 144 valence electrons. The molecule has 2 aromatic carbocycles. The van der Waals surface area contributed by atoms with E-state index >= 15 is 0 Å². The van der Waals surface area contributed by atoms with Crippen molar-refractivity contribution in [1.82, 2.24) is 9.97 Å². The smallest absolute Gasteiger partial charge is 0.292 e. The normalized spacial score (nSPS) is 10.8. The lowest BCUT2D eigenvalue weighted by atomic mass is 10.1. The molecule has 0 bridgehead atoms. The molecule has 0 aliphatic rings. The largest absolute Gasteiger partial charge is 0.320 e. The Morgan fingerprint density at radius 1 is 1.10 bits per heavy atom. The fourth-order valence-corrected chi connectivity index (χ4v) is 4.64. The van der Waals surface area contributed by atoms with Crippen molar-refractivity contribution in [2.24, 2.45) is 0 Å². The predicted octanol–water partition coefficient (Wildman–Crippen LogP) is 5.00. The minimum atomic E-state index is -0.520. The van der Waals surface area contributed by atoms with Crippen LogP contribution in [-0.2, 0) is 4.79 Å². The summed E-state index contributed by atoms with van der Waals surface area (Å²) in [4.78, 5) is 32.5. The zero-order chi connectivity index (χ0) is 20.2. The fraction of sp³-hybridized carbons (Fsp3) is 0.0500. The Bertz CT molecular complexity index is 1190. The van der Waals surface area contributed by atoms with Crippen molar-refractivity contribution in [3.05, 3.63) is 76.4 Å². The van der Waals surface area contributed by atoms with Gasteiger partial charge in [0, 0.05) is 17.0 Å². The Labute approximate surface area is 174 Å². The SMILES string of the molecule is O=C(CSc1ncnc2scc(-c3ccccc3)c12)Nc1ccccc1[N+](=O)[O-]. The van der Waals surface area contributed by atoms with Crippen molar-refractivity contribution in [3.8, 4) is 11.1 Å². The monoisotopic (exact) mass is 422 g/mol. The molecule has 0 aliphatic heterocycles. The number of aromatic nitrogens is 2. The van der Waals surface area contributed by atoms with E-state index in [0.29, 0.717) is 5.03 Å². The fourth-order valence-electron chi connectivity index (χ4n) is 2.85. The van der Waals surface area contributed by atoms with E-state index in [0.717, 1.165) is 21.3 Å². The number of carbonyl (C=O) groups excluding carboxylic acids is 1. The summed E-state index contributed by atoms with van der Waals surface area (Å²) < 4.78 is 0. The van der Waals surface area contributed by atoms with Crippen LogP contribution >= 0.6 is 23.1 Å². The Morgan fingerprint density at radius 2 is 1.86 bits per heavy atom. The van der Waals surface area contributed by atoms with E-state index in [2.05, 4.69) is 15.3 Å². The quantitative estimate of drug-likeness (QED) is 0.203. The van der Waals surface area contributed by atoms with Gasteiger partial charge in [0.1, 0.15) is 21.9 Å². The number of hydrogen-bond donors (Lipinski definition) is 1. The van der Waals surface area contributed by atoms with Crippen molar-refractivity contribution >= 4 is 50.6 Å². The van der Waals surface area contributed by atoms with Gasteiger partial charge in [-0.15, -0.1) is 11.3 Å². The van der Waals surface area contributed by atoms with E-state index in [9.17, 15) is 14.9 Å². The van der Waals surface area contributed by atoms with E-state index in [4.69, 9.17) is 0 Å². The van der Waals surface area contributed by atoms with Crippen molar-refractivity contribution in [2.45, 2.75) is 5.03 Å². The average Bonchev–Trinajstić information content (AvgIpc) is 3.18. The Morgan fingerprint density at radius 3 is 2.66 bits per heavy atom. The molecule has 0 unspecified atom stereocenters. The van der Waals surface area contributed by atoms with Crippen LogP contribution in [0.2, 0.25) is 0 Å². The van der Waals surface area contributed by atoms with Crippen LogP contribution in [0.3, 0.4) is 0 Å². The molecule has 2 aromatic heterocycles. The Kier molecular flexibility index (Phi) is 5.50. The predicted molar refractivity (Wildman–Crippen MR) is 115 cm³/mol. The summed E-state index contributed by atoms with van der Waals surface area (Å²) in [6.45, 7) is 0. The maximum atomic E-state index is 12.4. The van der Waals surface area contributed by atoms with Gasteiger partial charge in [-0.25, -0.2) is 9.97 Å². The van der Waals surface area contributed by atoms with Crippen molar-refractivity contribution < 1.29 is 9.72 Å². The molecule has 0 spiro atoms. The van der Waals surface area contributed by atoms with Crippen LogP contribution in [0, 0.1) is 10.1 Å². The molecule has 0 aliphatic carbocycles. The van der Waals surface area contributed by atoms with Gasteiger partial charge in [0.2, 0.25) is 5.91 Å². The standard InChI is InChI=1S/C20H14N4O3S2/c25-17(23-15-8-4-5-9-16(15)24(26)27)11-29-20-18-14(13-6-2-1-3-7-13)10-28-19(18)21-12-22-20/h1-10,12H,11H2,(H,23,25). The van der Waals surface area contributed by atoms with Crippen LogP contribution < -0.4 is 5.32 Å². The van der Waals surface area contributed by atoms with Crippen LogP contribution in [0.4, 0.5) is 11.4 Å². The maximum Gasteiger partial charge on any atom is 0.292 e. The number of para-hydroxylation sites is 2. The van der Waals surface area contributed by atoms with Gasteiger partial charge in [-0.05, 0) is 11.6 Å². The number of nitro benzene ring substituents is 1. The molecule has 1 amide bonds. The van der Waals surface area contributed by atoms with Crippen LogP contribution in [0.5, 0.6) is 0 Å². The van der Waals surface area contributed by atoms with E-state index in [1.807, 2.05) is 35.7 Å². The second kappa shape index (κ2) is 8.38. The zero-order valence-corrected chi connectivity index (χ0v) is 16.6. The van der Waals surface area contributed by atoms with E-state index in [1.54, 1.807) is 12.1 Å². The Balaban J connectivity index is 1.55. The van der Waals surface area contributed by atoms with Crippen LogP contribution in [0.25, 0.3) is 21.3 Å². The first-order valence-electron chi connectivity index (χ1n) is 8.57. The highest BCUT2D eigenvalue weighted by Crippen LogP contribution is 2.37. The number of nitrogens with zero attached hydrogens (tertiary/aromatic N) is 3. The minimum absolute atomic E-state index is 0.0717. The van der Waals surface area contributed by atoms with Gasteiger partial charge >= 0.3 is 0 Å². The summed E-state index contributed by atoms with van der Waals surface area (Å²) in [7, 11) is 0. The third kappa shape index (κ3) is 4.10. The number of nitrogens with one attached hydrogen (secondary N) is 1. The molecular formula is C20H14N4O3S2. The third-order valence-corrected chi connectivity index (χ3v) is 6.01. The molecule has 9 heteroatoms. The third-order valence-electron chi connectivity index (χ3n) is 4.14. The van der Waals surface area contributed by atoms with Gasteiger partial charge < -0.3 is 5.32 Å². The van der Waals surface area contributed by atoms with Crippen LogP contribution in [-0.4, -0.2) is 26.6 Å². The molecule has 29 heavy (non-hydrogen) atoms. The molecule has 0 atom stereocenters. The average molecular weight is 422 g/mol. The topological polar surface area (TPSA) is 98.0 Å². The van der Waals surface area contributed by atoms with E-state index in [-0.39, 0.29) is 23.0 Å². The first kappa shape index (κ1) is 19.0. The summed E-state index contributed by atoms with van der Waals surface area (Å²) in [5.41, 5.74) is 2.11. The molecule has 0 fully saturated rings. The number of carbonyl (C=O) groups is 1. The van der Waals surface area contributed by atoms with E-state index < -0.39 is 4.92 Å². The second-order valence-electron chi connectivity index (χ2n) is 5.99. The molecule has 2 heterocycles. The van der Waals surface area contributed by atoms with Crippen LogP contribution in [0.15, 0.2) is 71.3 Å². The Hall–Kier alpha value is -3.30. The molecule has 0 saturated carbocycles. The lowest BCUT2D eigenvalue weighted by Crippen LogP contribution is -2.15. The zero-order valence-electron chi connectivity index (χ0n) is 14.9. The van der Waals surface area contributed by atoms with Gasteiger partial charge in [0.15, 0.2) is 0 Å². The van der Waals surface area contributed by atoms with Gasteiger partial charge in [0.05, 0.1) is 16.1 Å². The number of rotatable bonds is 6. The lowest BCUT2D eigenvalue weighted by Gasteiger charge is -2.07. The lowest BCUT2D eigenvalue weighted by molar-refractivity contribution is -0.383. The number of benzene rings is 2. The summed E-state index contributed by atoms with van der Waals surface area (Å²) in [5.74, 6) is -0.269. The molecule has 0 radical (unpaired) electrons. The first-order valence-corrected chi connectivity index (χ1v) is 10.4. The summed E-state index contributed by atoms with van der Waals surface area (Å²) in [5, 5.41) is 17.4. The number of thioether (sulfide) groups is 1. The summed E-state index contributed by atoms with van der Waals surface area (Å²) in [6, 6.07) is 16.0. The summed E-state index contributed by atoms with van der Waals surface area (Å²) >= 11 is 2.80. The highest BCUT2D eigenvalue weighted by atomic mass is 32.2. The van der Waals surface area contributed by atoms with Gasteiger partial charge in [0.25, 0.3) is 5.69 Å². The number of thiophene rings is 1. The van der Waals surface area contributed by atoms with Gasteiger partial charge in [-0.3, -0.25) is 14.9 Å². The van der Waals surface area contributed by atoms with Gasteiger partial charge in [-0.1, -0.05) is 54.2 Å². The molecule has 4 rings (SSSR count). The van der Waals surface area contributed by atoms with Crippen molar-refractivity contribution in [1.29, 1.82) is 0 Å². The molecule has 4 aromatic rings. The number of anilines is 1. The van der Waals surface area contributed by atoms with Crippen molar-refractivity contribution in [3.63, 3.8) is 0 Å². The van der Waals surface area contributed by atoms with Crippen molar-refractivity contribution in [2.75, 3.05) is 11.1 Å². The van der Waals surface area contributed by atoms with Crippen LogP contribution in [0.1, 0.15) is 0 Å². The highest BCUT2D eigenvalue weighted by molar-refractivity contribution is 8.00. The number of amides is 1.